The summed E-state index contributed by atoms with van der Waals surface area (Å²) in [4.78, 5) is 12.0. The highest BCUT2D eigenvalue weighted by Crippen LogP contribution is 2.23. The molecule has 0 saturated heterocycles. The van der Waals surface area contributed by atoms with Crippen molar-refractivity contribution in [2.24, 2.45) is 0 Å². The van der Waals surface area contributed by atoms with Crippen LogP contribution in [0.1, 0.15) is 25.8 Å². The summed E-state index contributed by atoms with van der Waals surface area (Å²) in [6.07, 6.45) is 0.698. The fourth-order valence-electron chi connectivity index (χ4n) is 1.82. The molecule has 5 heteroatoms. The van der Waals surface area contributed by atoms with Crippen LogP contribution in [-0.2, 0) is 11.2 Å². The smallest absolute Gasteiger partial charge is 0.224 e. The lowest BCUT2D eigenvalue weighted by Gasteiger charge is -2.25. The fourth-order valence-corrected chi connectivity index (χ4v) is 2.02. The van der Waals surface area contributed by atoms with Gasteiger partial charge in [-0.1, -0.05) is 11.6 Å². The van der Waals surface area contributed by atoms with Crippen molar-refractivity contribution in [3.8, 4) is 5.75 Å². The standard InChI is InChI=1S/C14H20ClNO3/c1-14(2,6-7-17)16-13(18)9-10-8-11(15)4-5-12(10)19-3/h4-5,8,17H,6-7,9H2,1-3H3,(H,16,18). The first-order valence-corrected chi connectivity index (χ1v) is 6.50. The number of aliphatic hydroxyl groups is 1. The van der Waals surface area contributed by atoms with E-state index in [1.807, 2.05) is 13.8 Å². The highest BCUT2D eigenvalue weighted by Gasteiger charge is 2.20. The minimum Gasteiger partial charge on any atom is -0.496 e. The Bertz CT molecular complexity index is 446. The Kier molecular flexibility index (Phi) is 5.63. The summed E-state index contributed by atoms with van der Waals surface area (Å²) in [5.41, 5.74) is 0.310. The second kappa shape index (κ2) is 6.78. The molecule has 106 valence electrons. The van der Waals surface area contributed by atoms with Crippen molar-refractivity contribution < 1.29 is 14.6 Å². The van der Waals surface area contributed by atoms with Gasteiger partial charge in [0.15, 0.2) is 0 Å². The van der Waals surface area contributed by atoms with Crippen molar-refractivity contribution in [1.82, 2.24) is 5.32 Å². The van der Waals surface area contributed by atoms with Gasteiger partial charge >= 0.3 is 0 Å². The Labute approximate surface area is 118 Å². The first-order valence-electron chi connectivity index (χ1n) is 6.12. The zero-order valence-electron chi connectivity index (χ0n) is 11.5. The van der Waals surface area contributed by atoms with Gasteiger partial charge in [-0.15, -0.1) is 0 Å². The summed E-state index contributed by atoms with van der Waals surface area (Å²) in [6, 6.07) is 5.18. The molecule has 0 aliphatic carbocycles. The quantitative estimate of drug-likeness (QED) is 0.842. The maximum absolute atomic E-state index is 12.0. The number of nitrogens with one attached hydrogen (secondary N) is 1. The molecule has 0 unspecified atom stereocenters. The Balaban J connectivity index is 2.74. The van der Waals surface area contributed by atoms with Gasteiger partial charge in [-0.25, -0.2) is 0 Å². The molecule has 19 heavy (non-hydrogen) atoms. The third-order valence-electron chi connectivity index (χ3n) is 2.81. The number of benzene rings is 1. The van der Waals surface area contributed by atoms with Gasteiger partial charge in [-0.3, -0.25) is 4.79 Å². The van der Waals surface area contributed by atoms with Crippen LogP contribution in [0.15, 0.2) is 18.2 Å². The van der Waals surface area contributed by atoms with Gasteiger partial charge in [0.05, 0.1) is 13.5 Å². The number of aliphatic hydroxyl groups excluding tert-OH is 1. The molecule has 0 atom stereocenters. The summed E-state index contributed by atoms with van der Waals surface area (Å²) in [5.74, 6) is 0.513. The van der Waals surface area contributed by atoms with Crippen molar-refractivity contribution in [3.05, 3.63) is 28.8 Å². The molecule has 0 aliphatic heterocycles. The van der Waals surface area contributed by atoms with Crippen LogP contribution in [0, 0.1) is 0 Å². The molecule has 2 N–H and O–H groups in total. The molecule has 0 radical (unpaired) electrons. The third-order valence-corrected chi connectivity index (χ3v) is 3.04. The van der Waals surface area contributed by atoms with Crippen LogP contribution < -0.4 is 10.1 Å². The zero-order chi connectivity index (χ0) is 14.5. The number of carbonyl (C=O) groups excluding carboxylic acids is 1. The molecule has 0 bridgehead atoms. The summed E-state index contributed by atoms with van der Waals surface area (Å²) >= 11 is 5.92. The highest BCUT2D eigenvalue weighted by atomic mass is 35.5. The molecule has 1 aromatic carbocycles. The van der Waals surface area contributed by atoms with Gasteiger partial charge in [0, 0.05) is 22.7 Å². The molecule has 1 aromatic rings. The van der Waals surface area contributed by atoms with Crippen LogP contribution in [0.4, 0.5) is 0 Å². The van der Waals surface area contributed by atoms with Gasteiger partial charge in [-0.05, 0) is 38.5 Å². The van der Waals surface area contributed by atoms with Gasteiger partial charge < -0.3 is 15.2 Å². The van der Waals surface area contributed by atoms with Gasteiger partial charge in [0.1, 0.15) is 5.75 Å². The molecule has 0 heterocycles. The summed E-state index contributed by atoms with van der Waals surface area (Å²) in [7, 11) is 1.56. The molecular weight excluding hydrogens is 266 g/mol. The minimum atomic E-state index is -0.433. The number of rotatable bonds is 6. The monoisotopic (exact) mass is 285 g/mol. The van der Waals surface area contributed by atoms with E-state index in [0.29, 0.717) is 17.2 Å². The summed E-state index contributed by atoms with van der Waals surface area (Å²) < 4.78 is 5.20. The van der Waals surface area contributed by atoms with E-state index in [4.69, 9.17) is 21.4 Å². The Morgan fingerprint density at radius 1 is 1.47 bits per heavy atom. The molecule has 1 amide bonds. The molecule has 0 aliphatic rings. The number of ether oxygens (including phenoxy) is 1. The summed E-state index contributed by atoms with van der Waals surface area (Å²) in [6.45, 7) is 3.78. The third kappa shape index (κ3) is 5.09. The van der Waals surface area contributed by atoms with E-state index < -0.39 is 5.54 Å². The number of hydrogen-bond donors (Lipinski definition) is 2. The molecular formula is C14H20ClNO3. The van der Waals surface area contributed by atoms with Crippen LogP contribution in [-0.4, -0.2) is 30.3 Å². The van der Waals surface area contributed by atoms with Crippen LogP contribution >= 0.6 is 11.6 Å². The average molecular weight is 286 g/mol. The first-order chi connectivity index (χ1) is 8.88. The molecule has 0 spiro atoms. The number of halogens is 1. The van der Waals surface area contributed by atoms with Gasteiger partial charge in [0.2, 0.25) is 5.91 Å². The topological polar surface area (TPSA) is 58.6 Å². The van der Waals surface area contributed by atoms with E-state index in [2.05, 4.69) is 5.32 Å². The van der Waals surface area contributed by atoms with Crippen molar-refractivity contribution >= 4 is 17.5 Å². The second-order valence-corrected chi connectivity index (χ2v) is 5.48. The van der Waals surface area contributed by atoms with E-state index in [0.717, 1.165) is 5.56 Å². The number of hydrogen-bond acceptors (Lipinski definition) is 3. The minimum absolute atomic E-state index is 0.0355. The van der Waals surface area contributed by atoms with Gasteiger partial charge in [-0.2, -0.15) is 0 Å². The summed E-state index contributed by atoms with van der Waals surface area (Å²) in [5, 5.41) is 12.4. The van der Waals surface area contributed by atoms with Gasteiger partial charge in [0.25, 0.3) is 0 Å². The maximum Gasteiger partial charge on any atom is 0.224 e. The Hall–Kier alpha value is -1.26. The number of carbonyl (C=O) groups is 1. The maximum atomic E-state index is 12.0. The predicted molar refractivity (Wildman–Crippen MR) is 75.6 cm³/mol. The molecule has 0 fully saturated rings. The SMILES string of the molecule is COc1ccc(Cl)cc1CC(=O)NC(C)(C)CCO. The Morgan fingerprint density at radius 3 is 2.74 bits per heavy atom. The van der Waals surface area contributed by atoms with E-state index in [1.165, 1.54) is 0 Å². The van der Waals surface area contributed by atoms with Crippen LogP contribution in [0.25, 0.3) is 0 Å². The van der Waals surface area contributed by atoms with Crippen LogP contribution in [0.5, 0.6) is 5.75 Å². The zero-order valence-corrected chi connectivity index (χ0v) is 12.3. The van der Waals surface area contributed by atoms with Crippen molar-refractivity contribution in [1.29, 1.82) is 0 Å². The van der Waals surface area contributed by atoms with E-state index in [1.54, 1.807) is 25.3 Å². The lowest BCUT2D eigenvalue weighted by atomic mass is 10.0. The van der Waals surface area contributed by atoms with E-state index in [-0.39, 0.29) is 18.9 Å². The van der Waals surface area contributed by atoms with E-state index in [9.17, 15) is 4.79 Å². The lowest BCUT2D eigenvalue weighted by Crippen LogP contribution is -2.44. The largest absolute Gasteiger partial charge is 0.496 e. The van der Waals surface area contributed by atoms with Crippen LogP contribution in [0.2, 0.25) is 5.02 Å². The van der Waals surface area contributed by atoms with Crippen molar-refractivity contribution in [2.75, 3.05) is 13.7 Å². The highest BCUT2D eigenvalue weighted by molar-refractivity contribution is 6.30. The van der Waals surface area contributed by atoms with E-state index >= 15 is 0 Å². The molecule has 0 aromatic heterocycles. The average Bonchev–Trinajstić information content (AvgIpc) is 2.28. The second-order valence-electron chi connectivity index (χ2n) is 5.04. The predicted octanol–water partition coefficient (Wildman–Crippen LogP) is 2.17. The van der Waals surface area contributed by atoms with Crippen molar-refractivity contribution in [3.63, 3.8) is 0 Å². The lowest BCUT2D eigenvalue weighted by molar-refractivity contribution is -0.122. The Morgan fingerprint density at radius 2 is 2.16 bits per heavy atom. The van der Waals surface area contributed by atoms with Crippen molar-refractivity contribution in [2.45, 2.75) is 32.2 Å². The number of methoxy groups -OCH3 is 1. The van der Waals surface area contributed by atoms with Crippen LogP contribution in [0.3, 0.4) is 0 Å². The molecule has 1 rings (SSSR count). The number of amides is 1. The molecule has 4 nitrogen and oxygen atoms in total. The fraction of sp³-hybridized carbons (Fsp3) is 0.500. The molecule has 0 saturated carbocycles. The normalized spacial score (nSPS) is 11.2. The first kappa shape index (κ1) is 15.8.